The zero-order valence-corrected chi connectivity index (χ0v) is 15.6. The summed E-state index contributed by atoms with van der Waals surface area (Å²) in [5.74, 6) is -0.525. The van der Waals surface area contributed by atoms with Crippen molar-refractivity contribution in [2.75, 3.05) is 32.0 Å². The number of carbonyl (C=O) groups is 2. The zero-order chi connectivity index (χ0) is 20.5. The van der Waals surface area contributed by atoms with E-state index in [4.69, 9.17) is 14.2 Å². The lowest BCUT2D eigenvalue weighted by molar-refractivity contribution is -0.112. The van der Waals surface area contributed by atoms with Gasteiger partial charge in [0.1, 0.15) is 11.6 Å². The van der Waals surface area contributed by atoms with Gasteiger partial charge in [-0.2, -0.15) is 5.26 Å². The number of esters is 1. The van der Waals surface area contributed by atoms with Gasteiger partial charge in [0, 0.05) is 24.0 Å². The molecular formula is C20H19N3O5. The van der Waals surface area contributed by atoms with Crippen molar-refractivity contribution >= 4 is 23.3 Å². The number of hydrogen-bond donors (Lipinski definition) is 2. The number of ether oxygens (including phenoxy) is 3. The zero-order valence-electron chi connectivity index (χ0n) is 15.6. The Morgan fingerprint density at radius 1 is 1.04 bits per heavy atom. The highest BCUT2D eigenvalue weighted by Gasteiger charge is 2.18. The number of nitrogens with zero attached hydrogens (tertiary/aromatic N) is 1. The van der Waals surface area contributed by atoms with Crippen molar-refractivity contribution in [1.29, 1.82) is 5.26 Å². The first kappa shape index (κ1) is 20.3. The lowest BCUT2D eigenvalue weighted by Crippen LogP contribution is -2.15. The molecule has 144 valence electrons. The van der Waals surface area contributed by atoms with Crippen LogP contribution in [-0.4, -0.2) is 33.2 Å². The molecule has 8 heteroatoms. The Balaban J connectivity index is 2.32. The number of hydrogen-bond acceptors (Lipinski definition) is 7. The fourth-order valence-corrected chi connectivity index (χ4v) is 2.30. The number of anilines is 2. The normalized spacial score (nSPS) is 10.4. The van der Waals surface area contributed by atoms with Gasteiger partial charge in [-0.25, -0.2) is 4.79 Å². The molecular weight excluding hydrogens is 362 g/mol. The third-order valence-corrected chi connectivity index (χ3v) is 3.70. The lowest BCUT2D eigenvalue weighted by Gasteiger charge is -2.14. The van der Waals surface area contributed by atoms with Gasteiger partial charge in [0.25, 0.3) is 5.91 Å². The number of nitriles is 1. The molecule has 0 fully saturated rings. The van der Waals surface area contributed by atoms with Crippen LogP contribution in [0.5, 0.6) is 11.5 Å². The molecule has 2 aromatic rings. The Morgan fingerprint density at radius 3 is 2.25 bits per heavy atom. The minimum Gasteiger partial charge on any atom is -0.493 e. The summed E-state index contributed by atoms with van der Waals surface area (Å²) in [6, 6.07) is 13.5. The van der Waals surface area contributed by atoms with E-state index in [-0.39, 0.29) is 16.8 Å². The van der Waals surface area contributed by atoms with Crippen LogP contribution in [0.25, 0.3) is 0 Å². The summed E-state index contributed by atoms with van der Waals surface area (Å²) in [4.78, 5) is 24.4. The van der Waals surface area contributed by atoms with Crippen molar-refractivity contribution in [3.63, 3.8) is 0 Å². The van der Waals surface area contributed by atoms with Crippen molar-refractivity contribution in [3.8, 4) is 17.6 Å². The monoisotopic (exact) mass is 381 g/mol. The average Bonchev–Trinajstić information content (AvgIpc) is 2.73. The van der Waals surface area contributed by atoms with E-state index in [0.717, 1.165) is 0 Å². The molecule has 0 saturated carbocycles. The first-order valence-corrected chi connectivity index (χ1v) is 8.11. The smallest absolute Gasteiger partial charge is 0.340 e. The van der Waals surface area contributed by atoms with Gasteiger partial charge in [-0.15, -0.1) is 0 Å². The molecule has 0 aromatic heterocycles. The van der Waals surface area contributed by atoms with Crippen LogP contribution in [-0.2, 0) is 9.53 Å². The summed E-state index contributed by atoms with van der Waals surface area (Å²) in [7, 11) is 4.13. The van der Waals surface area contributed by atoms with Crippen LogP contribution in [0, 0.1) is 11.3 Å². The summed E-state index contributed by atoms with van der Waals surface area (Å²) in [5, 5.41) is 14.7. The minimum atomic E-state index is -0.621. The molecule has 0 radical (unpaired) electrons. The molecule has 2 aromatic carbocycles. The fraction of sp³-hybridized carbons (Fsp3) is 0.150. The first-order valence-electron chi connectivity index (χ1n) is 8.11. The molecule has 0 aliphatic rings. The predicted molar refractivity (Wildman–Crippen MR) is 103 cm³/mol. The van der Waals surface area contributed by atoms with Gasteiger partial charge in [-0.1, -0.05) is 18.2 Å². The number of benzene rings is 2. The van der Waals surface area contributed by atoms with E-state index in [0.29, 0.717) is 17.2 Å². The van der Waals surface area contributed by atoms with Crippen LogP contribution in [0.15, 0.2) is 54.2 Å². The topological polar surface area (TPSA) is 110 Å². The number of para-hydroxylation sites is 1. The van der Waals surface area contributed by atoms with Crippen LogP contribution < -0.4 is 20.1 Å². The molecule has 0 bridgehead atoms. The predicted octanol–water partition coefficient (Wildman–Crippen LogP) is 2.95. The second-order valence-corrected chi connectivity index (χ2v) is 5.38. The molecule has 0 spiro atoms. The molecule has 0 unspecified atom stereocenters. The number of rotatable bonds is 7. The molecule has 0 saturated heterocycles. The van der Waals surface area contributed by atoms with Gasteiger partial charge in [0.15, 0.2) is 11.5 Å². The Morgan fingerprint density at radius 2 is 1.68 bits per heavy atom. The lowest BCUT2D eigenvalue weighted by atomic mass is 10.1. The van der Waals surface area contributed by atoms with E-state index in [1.165, 1.54) is 39.7 Å². The van der Waals surface area contributed by atoms with Crippen LogP contribution in [0.2, 0.25) is 0 Å². The second-order valence-electron chi connectivity index (χ2n) is 5.38. The number of carbonyl (C=O) groups excluding carboxylic acids is 2. The SMILES string of the molecule is COC(=O)c1cc(OC)c(OC)cc1NC=C(C#N)C(=O)Nc1ccccc1. The largest absolute Gasteiger partial charge is 0.493 e. The molecule has 0 atom stereocenters. The third-order valence-electron chi connectivity index (χ3n) is 3.70. The van der Waals surface area contributed by atoms with E-state index in [9.17, 15) is 14.9 Å². The van der Waals surface area contributed by atoms with Gasteiger partial charge in [-0.05, 0) is 12.1 Å². The van der Waals surface area contributed by atoms with Crippen molar-refractivity contribution in [2.24, 2.45) is 0 Å². The van der Waals surface area contributed by atoms with Gasteiger partial charge < -0.3 is 24.8 Å². The van der Waals surface area contributed by atoms with Crippen LogP contribution in [0.3, 0.4) is 0 Å². The van der Waals surface area contributed by atoms with Crippen LogP contribution in [0.4, 0.5) is 11.4 Å². The average molecular weight is 381 g/mol. The first-order chi connectivity index (χ1) is 13.5. The highest BCUT2D eigenvalue weighted by Crippen LogP contribution is 2.33. The number of nitrogens with one attached hydrogen (secondary N) is 2. The second kappa shape index (κ2) is 9.64. The van der Waals surface area contributed by atoms with Gasteiger partial charge >= 0.3 is 5.97 Å². The van der Waals surface area contributed by atoms with Crippen molar-refractivity contribution < 1.29 is 23.8 Å². The molecule has 0 aliphatic heterocycles. The Bertz CT molecular complexity index is 933. The Hall–Kier alpha value is -3.99. The van der Waals surface area contributed by atoms with E-state index >= 15 is 0 Å². The van der Waals surface area contributed by atoms with E-state index in [1.807, 2.05) is 12.1 Å². The third kappa shape index (κ3) is 4.80. The summed E-state index contributed by atoms with van der Waals surface area (Å²) in [6.45, 7) is 0. The van der Waals surface area contributed by atoms with Gasteiger partial charge in [0.2, 0.25) is 0 Å². The van der Waals surface area contributed by atoms with E-state index in [1.54, 1.807) is 24.3 Å². The quantitative estimate of drug-likeness (QED) is 0.431. The Kier molecular flexibility index (Phi) is 6.99. The number of methoxy groups -OCH3 is 3. The van der Waals surface area contributed by atoms with Crippen molar-refractivity contribution in [1.82, 2.24) is 0 Å². The van der Waals surface area contributed by atoms with Crippen LogP contribution in [0.1, 0.15) is 10.4 Å². The van der Waals surface area contributed by atoms with E-state index in [2.05, 4.69) is 10.6 Å². The van der Waals surface area contributed by atoms with Crippen molar-refractivity contribution in [2.45, 2.75) is 0 Å². The molecule has 28 heavy (non-hydrogen) atoms. The summed E-state index contributed by atoms with van der Waals surface area (Å²) < 4.78 is 15.2. The van der Waals surface area contributed by atoms with Gasteiger partial charge in [-0.3, -0.25) is 4.79 Å². The fourth-order valence-electron chi connectivity index (χ4n) is 2.30. The molecule has 8 nitrogen and oxygen atoms in total. The van der Waals surface area contributed by atoms with Crippen LogP contribution >= 0.6 is 0 Å². The summed E-state index contributed by atoms with van der Waals surface area (Å²) in [6.07, 6.45) is 1.20. The maximum atomic E-state index is 12.3. The van der Waals surface area contributed by atoms with E-state index < -0.39 is 11.9 Å². The highest BCUT2D eigenvalue weighted by molar-refractivity contribution is 6.07. The molecule has 2 rings (SSSR count). The molecule has 0 aliphatic carbocycles. The minimum absolute atomic E-state index is 0.150. The standard InChI is InChI=1S/C20H19N3O5/c1-26-17-9-15(20(25)28-3)16(10-18(17)27-2)22-12-13(11-21)19(24)23-14-7-5-4-6-8-14/h4-10,12,22H,1-3H3,(H,23,24). The highest BCUT2D eigenvalue weighted by atomic mass is 16.5. The summed E-state index contributed by atoms with van der Waals surface area (Å²) in [5.41, 5.74) is 0.798. The van der Waals surface area contributed by atoms with Crippen molar-refractivity contribution in [3.05, 3.63) is 59.8 Å². The molecule has 1 amide bonds. The maximum Gasteiger partial charge on any atom is 0.340 e. The number of amides is 1. The Labute approximate surface area is 162 Å². The van der Waals surface area contributed by atoms with Gasteiger partial charge in [0.05, 0.1) is 32.6 Å². The molecule has 0 heterocycles. The molecule has 2 N–H and O–H groups in total. The maximum absolute atomic E-state index is 12.3. The summed E-state index contributed by atoms with van der Waals surface area (Å²) >= 11 is 0.